The van der Waals surface area contributed by atoms with Crippen LogP contribution in [0, 0.1) is 10.8 Å². The fourth-order valence-corrected chi connectivity index (χ4v) is 4.70. The van der Waals surface area contributed by atoms with Crippen LogP contribution in [-0.2, 0) is 40.0 Å². The van der Waals surface area contributed by atoms with Crippen molar-refractivity contribution >= 4 is 45.2 Å². The molecule has 1 atom stereocenters. The van der Waals surface area contributed by atoms with Gasteiger partial charge in [0, 0.05) is 5.56 Å². The van der Waals surface area contributed by atoms with Gasteiger partial charge in [0.15, 0.2) is 0 Å². The van der Waals surface area contributed by atoms with Gasteiger partial charge in [0.05, 0.1) is 10.8 Å². The molecule has 0 aromatic heterocycles. The summed E-state index contributed by atoms with van der Waals surface area (Å²) >= 11 is 0. The number of Topliss-reactive ketones (excluding diaryl/α,β-unsaturated/α-hetero) is 1. The van der Waals surface area contributed by atoms with E-state index in [2.05, 4.69) is 6.07 Å². The summed E-state index contributed by atoms with van der Waals surface area (Å²) in [6, 6.07) is 18.2. The molecule has 3 rings (SSSR count). The van der Waals surface area contributed by atoms with E-state index in [-0.39, 0.29) is 74.1 Å². The van der Waals surface area contributed by atoms with E-state index < -0.39 is 22.8 Å². The monoisotopic (exact) mass is 584 g/mol. The highest BCUT2D eigenvalue weighted by molar-refractivity contribution is 6.02. The van der Waals surface area contributed by atoms with Gasteiger partial charge in [0.25, 0.3) is 0 Å². The maximum absolute atomic E-state index is 13.4. The first-order valence-corrected chi connectivity index (χ1v) is 12.9. The van der Waals surface area contributed by atoms with Crippen molar-refractivity contribution in [3.8, 4) is 0 Å². The smallest absolute Gasteiger partial charge is 0.313 e. The molecule has 0 aliphatic heterocycles. The van der Waals surface area contributed by atoms with Crippen molar-refractivity contribution in [1.82, 2.24) is 0 Å². The maximum atomic E-state index is 13.4. The molecular formula is C35H52O7. The van der Waals surface area contributed by atoms with Crippen LogP contribution in [0.5, 0.6) is 0 Å². The SMILES string of the molecule is C.C.C.C.CCC(C)(CC(C)(C)C(=O)OCCOC(=O)CC(C)=O)C(=O)OCc1c2ccccc2cc2ccccc12. The number of esters is 3. The molecule has 0 saturated carbocycles. The average Bonchev–Trinajstić information content (AvgIpc) is 2.87. The van der Waals surface area contributed by atoms with E-state index in [0.29, 0.717) is 6.42 Å². The minimum atomic E-state index is -0.987. The molecule has 0 aliphatic carbocycles. The lowest BCUT2D eigenvalue weighted by molar-refractivity contribution is -0.166. The van der Waals surface area contributed by atoms with E-state index >= 15 is 0 Å². The summed E-state index contributed by atoms with van der Waals surface area (Å²) in [5.74, 6) is -1.84. The third-order valence-corrected chi connectivity index (χ3v) is 6.86. The molecule has 42 heavy (non-hydrogen) atoms. The fourth-order valence-electron chi connectivity index (χ4n) is 4.70. The molecule has 0 spiro atoms. The second kappa shape index (κ2) is 17.3. The van der Waals surface area contributed by atoms with E-state index in [1.807, 2.05) is 55.5 Å². The molecule has 0 amide bonds. The largest absolute Gasteiger partial charge is 0.462 e. The highest BCUT2D eigenvalue weighted by atomic mass is 16.6. The first-order chi connectivity index (χ1) is 18.0. The Balaban J connectivity index is 0. The summed E-state index contributed by atoms with van der Waals surface area (Å²) in [6.45, 7) is 8.27. The first kappa shape index (κ1) is 40.4. The molecule has 0 bridgehead atoms. The van der Waals surface area contributed by atoms with Crippen molar-refractivity contribution in [3.05, 3.63) is 60.2 Å². The topological polar surface area (TPSA) is 96.0 Å². The zero-order chi connectivity index (χ0) is 27.9. The summed E-state index contributed by atoms with van der Waals surface area (Å²) < 4.78 is 16.1. The Morgan fingerprint density at radius 3 is 1.71 bits per heavy atom. The molecule has 7 nitrogen and oxygen atoms in total. The minimum Gasteiger partial charge on any atom is -0.462 e. The average molecular weight is 585 g/mol. The first-order valence-electron chi connectivity index (χ1n) is 12.9. The van der Waals surface area contributed by atoms with Gasteiger partial charge in [-0.15, -0.1) is 0 Å². The zero-order valence-electron chi connectivity index (χ0n) is 22.8. The van der Waals surface area contributed by atoms with Crippen molar-refractivity contribution in [3.63, 3.8) is 0 Å². The molecule has 1 unspecified atom stereocenters. The minimum absolute atomic E-state index is 0. The number of fused-ring (bicyclic) bond motifs is 2. The Morgan fingerprint density at radius 1 is 0.714 bits per heavy atom. The Hall–Kier alpha value is -3.74. The highest BCUT2D eigenvalue weighted by Crippen LogP contribution is 2.39. The molecule has 0 heterocycles. The van der Waals surface area contributed by atoms with Gasteiger partial charge in [0.2, 0.25) is 0 Å². The Kier molecular flexibility index (Phi) is 16.6. The molecule has 7 heteroatoms. The van der Waals surface area contributed by atoms with Crippen LogP contribution in [0.2, 0.25) is 0 Å². The fraction of sp³-hybridized carbons (Fsp3) is 0.486. The van der Waals surface area contributed by atoms with Crippen LogP contribution in [0.15, 0.2) is 54.6 Å². The lowest BCUT2D eigenvalue weighted by Gasteiger charge is -2.33. The van der Waals surface area contributed by atoms with E-state index in [0.717, 1.165) is 27.1 Å². The van der Waals surface area contributed by atoms with Crippen LogP contribution in [-0.4, -0.2) is 36.9 Å². The Bertz CT molecular complexity index is 1290. The molecule has 0 aliphatic rings. The van der Waals surface area contributed by atoms with Gasteiger partial charge in [-0.2, -0.15) is 0 Å². The second-order valence-corrected chi connectivity index (χ2v) is 10.6. The highest BCUT2D eigenvalue weighted by Gasteiger charge is 2.43. The third-order valence-electron chi connectivity index (χ3n) is 6.86. The van der Waals surface area contributed by atoms with Crippen LogP contribution in [0.3, 0.4) is 0 Å². The van der Waals surface area contributed by atoms with Gasteiger partial charge in [-0.05, 0) is 68.1 Å². The predicted octanol–water partition coefficient (Wildman–Crippen LogP) is 8.48. The van der Waals surface area contributed by atoms with Crippen LogP contribution in [0.25, 0.3) is 21.5 Å². The summed E-state index contributed by atoms with van der Waals surface area (Å²) in [5.41, 5.74) is -0.959. The molecule has 234 valence electrons. The lowest BCUT2D eigenvalue weighted by atomic mass is 9.72. The number of carbonyl (C=O) groups excluding carboxylic acids is 4. The van der Waals surface area contributed by atoms with E-state index in [1.54, 1.807) is 20.8 Å². The summed E-state index contributed by atoms with van der Waals surface area (Å²) in [6.07, 6.45) is 0.376. The number of hydrogen-bond acceptors (Lipinski definition) is 7. The molecule has 0 radical (unpaired) electrons. The van der Waals surface area contributed by atoms with Crippen molar-refractivity contribution in [1.29, 1.82) is 0 Å². The van der Waals surface area contributed by atoms with Gasteiger partial charge >= 0.3 is 17.9 Å². The molecule has 0 fully saturated rings. The predicted molar refractivity (Wildman–Crippen MR) is 172 cm³/mol. The molecule has 0 saturated heterocycles. The quantitative estimate of drug-likeness (QED) is 0.0692. The van der Waals surface area contributed by atoms with Crippen LogP contribution >= 0.6 is 0 Å². The van der Waals surface area contributed by atoms with Crippen molar-refractivity contribution < 1.29 is 33.4 Å². The van der Waals surface area contributed by atoms with Gasteiger partial charge < -0.3 is 14.2 Å². The van der Waals surface area contributed by atoms with Gasteiger partial charge in [-0.1, -0.05) is 85.2 Å². The summed E-state index contributed by atoms with van der Waals surface area (Å²) in [5, 5.41) is 4.22. The van der Waals surface area contributed by atoms with Crippen LogP contribution in [0.4, 0.5) is 0 Å². The van der Waals surface area contributed by atoms with Crippen LogP contribution < -0.4 is 0 Å². The van der Waals surface area contributed by atoms with E-state index in [1.165, 1.54) is 6.92 Å². The van der Waals surface area contributed by atoms with Crippen molar-refractivity contribution in [2.45, 2.75) is 90.2 Å². The van der Waals surface area contributed by atoms with Crippen molar-refractivity contribution in [2.24, 2.45) is 10.8 Å². The normalized spacial score (nSPS) is 11.8. The van der Waals surface area contributed by atoms with Crippen molar-refractivity contribution in [2.75, 3.05) is 13.2 Å². The summed E-state index contributed by atoms with van der Waals surface area (Å²) in [7, 11) is 0. The number of benzene rings is 3. The van der Waals surface area contributed by atoms with Gasteiger partial charge in [-0.3, -0.25) is 19.2 Å². The lowest BCUT2D eigenvalue weighted by Crippen LogP contribution is -2.39. The molecular weight excluding hydrogens is 532 g/mol. The molecule has 0 N–H and O–H groups in total. The number of hydrogen-bond donors (Lipinski definition) is 0. The molecule has 3 aromatic rings. The van der Waals surface area contributed by atoms with E-state index in [4.69, 9.17) is 14.2 Å². The number of carbonyl (C=O) groups is 4. The van der Waals surface area contributed by atoms with Gasteiger partial charge in [-0.25, -0.2) is 0 Å². The third kappa shape index (κ3) is 9.97. The Labute approximate surface area is 252 Å². The van der Waals surface area contributed by atoms with Gasteiger partial charge in [0.1, 0.15) is 32.0 Å². The summed E-state index contributed by atoms with van der Waals surface area (Å²) in [4.78, 5) is 48.6. The Morgan fingerprint density at radius 2 is 1.21 bits per heavy atom. The standard InChI is InChI=1S/C31H36O7.4CH4/c1-6-31(5,20-30(3,4)28(34)37-16-15-36-27(33)17-21(2)32)29(35)38-19-26-24-13-9-7-11-22(24)18-23-12-8-10-14-25(23)26;;;;/h7-14,18H,6,15-17,19-20H2,1-5H3;4*1H4. The maximum Gasteiger partial charge on any atom is 0.313 e. The second-order valence-electron chi connectivity index (χ2n) is 10.6. The number of ether oxygens (including phenoxy) is 3. The van der Waals surface area contributed by atoms with E-state index in [9.17, 15) is 19.2 Å². The molecule has 3 aromatic carbocycles. The van der Waals surface area contributed by atoms with Crippen LogP contribution in [0.1, 0.15) is 89.2 Å². The number of rotatable bonds is 12. The number of ketones is 1. The zero-order valence-corrected chi connectivity index (χ0v) is 22.8.